The van der Waals surface area contributed by atoms with Crippen LogP contribution in [0.3, 0.4) is 0 Å². The number of hydrogen-bond acceptors (Lipinski definition) is 4. The molecule has 21 heavy (non-hydrogen) atoms. The summed E-state index contributed by atoms with van der Waals surface area (Å²) < 4.78 is 6.30. The Labute approximate surface area is 133 Å². The highest BCUT2D eigenvalue weighted by molar-refractivity contribution is 9.10. The Morgan fingerprint density at radius 1 is 1.29 bits per heavy atom. The summed E-state index contributed by atoms with van der Waals surface area (Å²) in [5.41, 5.74) is 7.45. The first-order valence-electron chi connectivity index (χ1n) is 7.56. The first-order chi connectivity index (χ1) is 10.2. The van der Waals surface area contributed by atoms with Crippen LogP contribution in [0.1, 0.15) is 50.8 Å². The minimum atomic E-state index is 0.443. The first-order valence-corrected chi connectivity index (χ1v) is 8.35. The maximum atomic E-state index is 5.90. The number of nitrogens with zero attached hydrogens (tertiary/aromatic N) is 2. The average molecular weight is 350 g/mol. The van der Waals surface area contributed by atoms with E-state index in [1.807, 2.05) is 18.2 Å². The van der Waals surface area contributed by atoms with Gasteiger partial charge in [0.1, 0.15) is 0 Å². The van der Waals surface area contributed by atoms with E-state index in [-0.39, 0.29) is 0 Å². The lowest BCUT2D eigenvalue weighted by Crippen LogP contribution is -2.13. The molecule has 4 nitrogen and oxygen atoms in total. The van der Waals surface area contributed by atoms with E-state index in [9.17, 15) is 0 Å². The van der Waals surface area contributed by atoms with E-state index in [2.05, 4.69) is 33.0 Å². The number of benzene rings is 1. The second-order valence-corrected chi connectivity index (χ2v) is 6.67. The number of rotatable bonds is 3. The molecule has 0 spiro atoms. The van der Waals surface area contributed by atoms with Crippen LogP contribution < -0.4 is 5.73 Å². The molecule has 3 rings (SSSR count). The highest BCUT2D eigenvalue weighted by atomic mass is 79.9. The molecule has 0 bridgehead atoms. The third kappa shape index (κ3) is 3.12. The summed E-state index contributed by atoms with van der Waals surface area (Å²) >= 11 is 3.39. The zero-order valence-electron chi connectivity index (χ0n) is 12.2. The Bertz CT molecular complexity index is 618. The minimum Gasteiger partial charge on any atom is -0.398 e. The topological polar surface area (TPSA) is 64.9 Å². The largest absolute Gasteiger partial charge is 0.398 e. The molecule has 1 aliphatic rings. The highest BCUT2D eigenvalue weighted by Crippen LogP contribution is 2.36. The third-order valence-electron chi connectivity index (χ3n) is 4.47. The number of nitrogen functional groups attached to an aromatic ring is 1. The van der Waals surface area contributed by atoms with Crippen molar-refractivity contribution >= 4 is 21.6 Å². The minimum absolute atomic E-state index is 0.443. The normalized spacial score (nSPS) is 22.4. The van der Waals surface area contributed by atoms with Crippen molar-refractivity contribution in [3.05, 3.63) is 28.5 Å². The fourth-order valence-electron chi connectivity index (χ4n) is 3.02. The molecule has 1 aromatic carbocycles. The van der Waals surface area contributed by atoms with E-state index in [1.165, 1.54) is 32.1 Å². The van der Waals surface area contributed by atoms with Gasteiger partial charge in [0.15, 0.2) is 5.82 Å². The van der Waals surface area contributed by atoms with Crippen molar-refractivity contribution in [2.75, 3.05) is 5.73 Å². The summed E-state index contributed by atoms with van der Waals surface area (Å²) in [6.45, 7) is 2.27. The van der Waals surface area contributed by atoms with Gasteiger partial charge in [-0.2, -0.15) is 4.98 Å². The summed E-state index contributed by atoms with van der Waals surface area (Å²) in [5.74, 6) is 2.72. The van der Waals surface area contributed by atoms with Crippen molar-refractivity contribution < 1.29 is 4.52 Å². The molecular weight excluding hydrogens is 330 g/mol. The van der Waals surface area contributed by atoms with Crippen LogP contribution in [0.5, 0.6) is 0 Å². The Morgan fingerprint density at radius 2 is 2.05 bits per heavy atom. The number of anilines is 1. The van der Waals surface area contributed by atoms with Gasteiger partial charge in [-0.05, 0) is 65.7 Å². The van der Waals surface area contributed by atoms with Crippen molar-refractivity contribution in [1.82, 2.24) is 10.1 Å². The molecule has 0 amide bonds. The van der Waals surface area contributed by atoms with Gasteiger partial charge in [0.2, 0.25) is 0 Å². The average Bonchev–Trinajstić information content (AvgIpc) is 3.00. The summed E-state index contributed by atoms with van der Waals surface area (Å²) in [5, 5.41) is 4.18. The van der Waals surface area contributed by atoms with Crippen molar-refractivity contribution in [2.45, 2.75) is 44.9 Å². The second-order valence-electron chi connectivity index (χ2n) is 5.82. The number of aromatic nitrogens is 2. The fourth-order valence-corrected chi connectivity index (χ4v) is 3.27. The molecule has 1 aromatic heterocycles. The van der Waals surface area contributed by atoms with Crippen LogP contribution >= 0.6 is 15.9 Å². The maximum absolute atomic E-state index is 5.90. The molecule has 5 heteroatoms. The summed E-state index contributed by atoms with van der Waals surface area (Å²) in [6.07, 6.45) is 6.16. The molecule has 2 aromatic rings. The maximum Gasteiger partial charge on any atom is 0.258 e. The van der Waals surface area contributed by atoms with Gasteiger partial charge in [0, 0.05) is 21.6 Å². The molecule has 112 valence electrons. The smallest absolute Gasteiger partial charge is 0.258 e. The van der Waals surface area contributed by atoms with Crippen molar-refractivity contribution in [3.8, 4) is 11.5 Å². The zero-order chi connectivity index (χ0) is 14.8. The monoisotopic (exact) mass is 349 g/mol. The standard InChI is InChI=1S/C16H20BrN3O/c1-2-10-3-5-11(6-4-10)15-19-16(21-20-15)12-7-8-13(17)14(18)9-12/h7-11H,2-6,18H2,1H3. The summed E-state index contributed by atoms with van der Waals surface area (Å²) in [6, 6.07) is 5.70. The van der Waals surface area contributed by atoms with E-state index in [0.29, 0.717) is 17.5 Å². The molecule has 1 heterocycles. The Hall–Kier alpha value is -1.36. The molecule has 1 aliphatic carbocycles. The van der Waals surface area contributed by atoms with Crippen LogP contribution in [0.2, 0.25) is 0 Å². The van der Waals surface area contributed by atoms with Crippen LogP contribution in [0, 0.1) is 5.92 Å². The van der Waals surface area contributed by atoms with Crippen LogP contribution in [-0.4, -0.2) is 10.1 Å². The summed E-state index contributed by atoms with van der Waals surface area (Å²) in [7, 11) is 0. The quantitative estimate of drug-likeness (QED) is 0.810. The predicted molar refractivity (Wildman–Crippen MR) is 86.8 cm³/mol. The molecular formula is C16H20BrN3O. The van der Waals surface area contributed by atoms with E-state index in [4.69, 9.17) is 10.3 Å². The molecule has 0 aliphatic heterocycles. The van der Waals surface area contributed by atoms with Crippen LogP contribution in [-0.2, 0) is 0 Å². The zero-order valence-corrected chi connectivity index (χ0v) is 13.8. The first kappa shape index (κ1) is 14.6. The molecule has 0 unspecified atom stereocenters. The number of hydrogen-bond donors (Lipinski definition) is 1. The van der Waals surface area contributed by atoms with Gasteiger partial charge in [0.25, 0.3) is 5.89 Å². The Balaban J connectivity index is 1.76. The molecule has 1 fully saturated rings. The van der Waals surface area contributed by atoms with Gasteiger partial charge in [-0.3, -0.25) is 0 Å². The van der Waals surface area contributed by atoms with Gasteiger partial charge in [-0.15, -0.1) is 0 Å². The van der Waals surface area contributed by atoms with Gasteiger partial charge >= 0.3 is 0 Å². The van der Waals surface area contributed by atoms with Crippen molar-refractivity contribution in [3.63, 3.8) is 0 Å². The lowest BCUT2D eigenvalue weighted by atomic mass is 9.80. The lowest BCUT2D eigenvalue weighted by Gasteiger charge is -2.25. The number of halogens is 1. The second kappa shape index (κ2) is 6.18. The van der Waals surface area contributed by atoms with Crippen molar-refractivity contribution in [1.29, 1.82) is 0 Å². The van der Waals surface area contributed by atoms with E-state index < -0.39 is 0 Å². The molecule has 2 N–H and O–H groups in total. The molecule has 0 radical (unpaired) electrons. The summed E-state index contributed by atoms with van der Waals surface area (Å²) in [4.78, 5) is 4.58. The number of nitrogens with two attached hydrogens (primary N) is 1. The van der Waals surface area contributed by atoms with Gasteiger partial charge < -0.3 is 10.3 Å². The molecule has 0 saturated heterocycles. The van der Waals surface area contributed by atoms with E-state index in [1.54, 1.807) is 0 Å². The SMILES string of the molecule is CCC1CCC(c2noc(-c3ccc(Br)c(N)c3)n2)CC1. The van der Waals surface area contributed by atoms with E-state index >= 15 is 0 Å². The van der Waals surface area contributed by atoms with Crippen LogP contribution in [0.4, 0.5) is 5.69 Å². The van der Waals surface area contributed by atoms with Crippen LogP contribution in [0.15, 0.2) is 27.2 Å². The van der Waals surface area contributed by atoms with Gasteiger partial charge in [-0.1, -0.05) is 18.5 Å². The highest BCUT2D eigenvalue weighted by Gasteiger charge is 2.25. The van der Waals surface area contributed by atoms with E-state index in [0.717, 1.165) is 21.8 Å². The lowest BCUT2D eigenvalue weighted by molar-refractivity contribution is 0.305. The molecule has 1 saturated carbocycles. The predicted octanol–water partition coefficient (Wildman–Crippen LogP) is 4.77. The fraction of sp³-hybridized carbons (Fsp3) is 0.500. The Kier molecular flexibility index (Phi) is 4.29. The third-order valence-corrected chi connectivity index (χ3v) is 5.20. The molecule has 0 atom stereocenters. The van der Waals surface area contributed by atoms with Gasteiger partial charge in [-0.25, -0.2) is 0 Å². The Morgan fingerprint density at radius 3 is 2.71 bits per heavy atom. The van der Waals surface area contributed by atoms with Gasteiger partial charge in [0.05, 0.1) is 0 Å². The van der Waals surface area contributed by atoms with Crippen molar-refractivity contribution in [2.24, 2.45) is 5.92 Å². The van der Waals surface area contributed by atoms with Crippen LogP contribution in [0.25, 0.3) is 11.5 Å².